The molecule has 0 aromatic heterocycles. The zero-order chi connectivity index (χ0) is 19.5. The molecule has 1 aliphatic heterocycles. The number of benzene rings is 1. The highest BCUT2D eigenvalue weighted by atomic mass is 16.6. The molecule has 0 saturated carbocycles. The number of carboxylic acids is 1. The first kappa shape index (κ1) is 20.8. The highest BCUT2D eigenvalue weighted by molar-refractivity contribution is 5.69. The Morgan fingerprint density at radius 3 is 2.81 bits per heavy atom. The van der Waals surface area contributed by atoms with Gasteiger partial charge in [0.2, 0.25) is 0 Å². The van der Waals surface area contributed by atoms with Crippen molar-refractivity contribution in [3.8, 4) is 11.8 Å². The van der Waals surface area contributed by atoms with E-state index in [0.717, 1.165) is 12.0 Å². The smallest absolute Gasteiger partial charge is 0.410 e. The van der Waals surface area contributed by atoms with Gasteiger partial charge in [-0.15, -0.1) is 5.92 Å². The number of hydrogen-bond acceptors (Lipinski definition) is 4. The molecule has 2 N–H and O–H groups in total. The summed E-state index contributed by atoms with van der Waals surface area (Å²) in [4.78, 5) is 24.1. The maximum Gasteiger partial charge on any atom is 0.410 e. The van der Waals surface area contributed by atoms with Gasteiger partial charge >= 0.3 is 12.1 Å². The Balaban J connectivity index is 1.79. The molecule has 6 nitrogen and oxygen atoms in total. The van der Waals surface area contributed by atoms with Crippen molar-refractivity contribution in [2.75, 3.05) is 13.2 Å². The van der Waals surface area contributed by atoms with Gasteiger partial charge in [-0.25, -0.2) is 4.79 Å². The van der Waals surface area contributed by atoms with Gasteiger partial charge in [-0.05, 0) is 31.2 Å². The molecular formula is C21H27NO5. The van der Waals surface area contributed by atoms with E-state index in [1.165, 1.54) is 0 Å². The third kappa shape index (κ3) is 7.71. The lowest BCUT2D eigenvalue weighted by Gasteiger charge is -2.34. The van der Waals surface area contributed by atoms with Gasteiger partial charge in [-0.2, -0.15) is 0 Å². The van der Waals surface area contributed by atoms with Crippen molar-refractivity contribution in [1.82, 2.24) is 4.90 Å². The molecule has 0 aliphatic carbocycles. The Morgan fingerprint density at radius 1 is 1.30 bits per heavy atom. The molecule has 1 fully saturated rings. The van der Waals surface area contributed by atoms with Crippen LogP contribution in [0.4, 0.5) is 4.79 Å². The van der Waals surface area contributed by atoms with Crippen LogP contribution < -0.4 is 0 Å². The fourth-order valence-electron chi connectivity index (χ4n) is 3.09. The van der Waals surface area contributed by atoms with Crippen LogP contribution in [0.2, 0.25) is 0 Å². The number of carbonyl (C=O) groups excluding carboxylic acids is 1. The van der Waals surface area contributed by atoms with Gasteiger partial charge in [-0.1, -0.05) is 36.3 Å². The summed E-state index contributed by atoms with van der Waals surface area (Å²) in [5.41, 5.74) is 1.09. The molecule has 1 saturated heterocycles. The molecule has 0 bridgehead atoms. The summed E-state index contributed by atoms with van der Waals surface area (Å²) in [6, 6.07) is 9.85. The summed E-state index contributed by atoms with van der Waals surface area (Å²) < 4.78 is 5.11. The topological polar surface area (TPSA) is 87.1 Å². The average molecular weight is 373 g/mol. The van der Waals surface area contributed by atoms with Crippen molar-refractivity contribution in [2.45, 2.75) is 57.1 Å². The number of aliphatic carboxylic acids is 1. The lowest BCUT2D eigenvalue weighted by atomic mass is 9.99. The van der Waals surface area contributed by atoms with Crippen LogP contribution in [0.1, 0.15) is 44.1 Å². The quantitative estimate of drug-likeness (QED) is 0.513. The summed E-state index contributed by atoms with van der Waals surface area (Å²) in [6.07, 6.45) is 2.91. The maximum atomic E-state index is 12.0. The largest absolute Gasteiger partial charge is 0.481 e. The molecule has 6 heteroatoms. The van der Waals surface area contributed by atoms with Crippen LogP contribution >= 0.6 is 0 Å². The van der Waals surface area contributed by atoms with Crippen LogP contribution in [0.5, 0.6) is 0 Å². The van der Waals surface area contributed by atoms with Crippen molar-refractivity contribution in [2.24, 2.45) is 0 Å². The zero-order valence-electron chi connectivity index (χ0n) is 15.5. The molecule has 2 rings (SSSR count). The highest BCUT2D eigenvalue weighted by Crippen LogP contribution is 2.19. The second-order valence-electron chi connectivity index (χ2n) is 6.71. The number of cyclic esters (lactones) is 1. The number of aliphatic hydroxyl groups excluding tert-OH is 1. The number of carbonyl (C=O) groups is 2. The van der Waals surface area contributed by atoms with Crippen LogP contribution in [0.3, 0.4) is 0 Å². The van der Waals surface area contributed by atoms with E-state index in [4.69, 9.17) is 9.84 Å². The number of amides is 1. The molecule has 1 aromatic rings. The Labute approximate surface area is 160 Å². The van der Waals surface area contributed by atoms with E-state index in [9.17, 15) is 14.7 Å². The summed E-state index contributed by atoms with van der Waals surface area (Å²) in [7, 11) is 0. The third-order valence-electron chi connectivity index (χ3n) is 4.57. The average Bonchev–Trinajstić information content (AvgIpc) is 2.65. The minimum Gasteiger partial charge on any atom is -0.481 e. The number of aliphatic hydroxyl groups is 1. The van der Waals surface area contributed by atoms with Gasteiger partial charge in [0.15, 0.2) is 0 Å². The normalized spacial score (nSPS) is 17.6. The monoisotopic (exact) mass is 373 g/mol. The summed E-state index contributed by atoms with van der Waals surface area (Å²) >= 11 is 0. The Hall–Kier alpha value is -2.52. The van der Waals surface area contributed by atoms with Crippen LogP contribution in [0.15, 0.2) is 30.3 Å². The summed E-state index contributed by atoms with van der Waals surface area (Å²) in [5.74, 6) is 5.02. The van der Waals surface area contributed by atoms with Crippen molar-refractivity contribution in [3.05, 3.63) is 35.9 Å². The van der Waals surface area contributed by atoms with E-state index in [2.05, 4.69) is 11.8 Å². The predicted molar refractivity (Wildman–Crippen MR) is 101 cm³/mol. The zero-order valence-corrected chi connectivity index (χ0v) is 15.5. The number of rotatable bonds is 9. The molecule has 1 aliphatic rings. The first-order valence-electron chi connectivity index (χ1n) is 9.39. The number of hydrogen-bond donors (Lipinski definition) is 2. The molecule has 0 spiro atoms. The SMILES string of the molecule is O=C(O)CCCC#CCN1C(=O)OCC[C@@H]1CCC(O)Cc1ccccc1. The predicted octanol–water partition coefficient (Wildman–Crippen LogP) is 2.84. The molecule has 1 heterocycles. The van der Waals surface area contributed by atoms with Crippen molar-refractivity contribution >= 4 is 12.1 Å². The van der Waals surface area contributed by atoms with Gasteiger partial charge in [0, 0.05) is 25.3 Å². The van der Waals surface area contributed by atoms with E-state index in [-0.39, 0.29) is 25.1 Å². The highest BCUT2D eigenvalue weighted by Gasteiger charge is 2.29. The first-order chi connectivity index (χ1) is 13.1. The number of ether oxygens (including phenoxy) is 1. The van der Waals surface area contributed by atoms with E-state index in [0.29, 0.717) is 38.7 Å². The van der Waals surface area contributed by atoms with Crippen molar-refractivity contribution in [3.63, 3.8) is 0 Å². The molecule has 1 aromatic carbocycles. The Kier molecular flexibility index (Phi) is 8.66. The first-order valence-corrected chi connectivity index (χ1v) is 9.39. The number of carboxylic acid groups (broad SMARTS) is 1. The van der Waals surface area contributed by atoms with Crippen LogP contribution in [-0.2, 0) is 16.0 Å². The molecular weight excluding hydrogens is 346 g/mol. The molecule has 27 heavy (non-hydrogen) atoms. The second kappa shape index (κ2) is 11.2. The van der Waals surface area contributed by atoms with Gasteiger partial charge in [0.05, 0.1) is 19.3 Å². The van der Waals surface area contributed by atoms with Gasteiger partial charge < -0.3 is 14.9 Å². The van der Waals surface area contributed by atoms with Crippen LogP contribution in [0.25, 0.3) is 0 Å². The lowest BCUT2D eigenvalue weighted by Crippen LogP contribution is -2.46. The molecule has 1 amide bonds. The van der Waals surface area contributed by atoms with Gasteiger partial charge in [0.25, 0.3) is 0 Å². The number of unbranched alkanes of at least 4 members (excludes halogenated alkanes) is 1. The fourth-order valence-corrected chi connectivity index (χ4v) is 3.09. The maximum absolute atomic E-state index is 12.0. The van der Waals surface area contributed by atoms with E-state index in [1.807, 2.05) is 30.3 Å². The Morgan fingerprint density at radius 2 is 2.07 bits per heavy atom. The molecule has 1 unspecified atom stereocenters. The molecule has 0 radical (unpaired) electrons. The summed E-state index contributed by atoms with van der Waals surface area (Å²) in [6.45, 7) is 0.659. The molecule has 146 valence electrons. The minimum absolute atomic E-state index is 0.00462. The van der Waals surface area contributed by atoms with Gasteiger partial charge in [0.1, 0.15) is 0 Å². The summed E-state index contributed by atoms with van der Waals surface area (Å²) in [5, 5.41) is 18.9. The van der Waals surface area contributed by atoms with Crippen molar-refractivity contribution < 1.29 is 24.5 Å². The van der Waals surface area contributed by atoms with E-state index in [1.54, 1.807) is 4.90 Å². The van der Waals surface area contributed by atoms with E-state index < -0.39 is 12.1 Å². The minimum atomic E-state index is -0.828. The third-order valence-corrected chi connectivity index (χ3v) is 4.57. The van der Waals surface area contributed by atoms with E-state index >= 15 is 0 Å². The van der Waals surface area contributed by atoms with Crippen LogP contribution in [0, 0.1) is 11.8 Å². The molecule has 2 atom stereocenters. The second-order valence-corrected chi connectivity index (χ2v) is 6.71. The van der Waals surface area contributed by atoms with Gasteiger partial charge in [-0.3, -0.25) is 9.69 Å². The number of nitrogens with zero attached hydrogens (tertiary/aromatic N) is 1. The van der Waals surface area contributed by atoms with Crippen molar-refractivity contribution in [1.29, 1.82) is 0 Å². The fraction of sp³-hybridized carbons (Fsp3) is 0.524. The standard InChI is InChI=1S/C21H27NO5/c23-19(16-17-8-4-3-5-9-17)12-11-18-13-15-27-21(26)22(18)14-7-2-1-6-10-20(24)25/h3-5,8-9,18-19,23H,1,6,10-16H2,(H,24,25)/t18-,19?/m0/s1. The Bertz CT molecular complexity index is 664. The van der Waals surface area contributed by atoms with Crippen LogP contribution in [-0.4, -0.2) is 52.5 Å². The lowest BCUT2D eigenvalue weighted by molar-refractivity contribution is -0.137.